The molecule has 0 aliphatic heterocycles. The Morgan fingerprint density at radius 1 is 1.05 bits per heavy atom. The lowest BCUT2D eigenvalue weighted by Gasteiger charge is -2.21. The van der Waals surface area contributed by atoms with Crippen LogP contribution in [0, 0.1) is 0 Å². The Morgan fingerprint density at radius 3 is 2.68 bits per heavy atom. The van der Waals surface area contributed by atoms with E-state index in [0.717, 1.165) is 36.6 Å². The van der Waals surface area contributed by atoms with Gasteiger partial charge in [-0.15, -0.1) is 0 Å². The lowest BCUT2D eigenvalue weighted by atomic mass is 9.98. The molecule has 0 spiro atoms. The van der Waals surface area contributed by atoms with Crippen LogP contribution in [0.4, 0.5) is 0 Å². The zero-order valence-electron chi connectivity index (χ0n) is 10.8. The van der Waals surface area contributed by atoms with E-state index >= 15 is 0 Å². The van der Waals surface area contributed by atoms with Crippen LogP contribution >= 0.6 is 0 Å². The maximum absolute atomic E-state index is 12.1. The van der Waals surface area contributed by atoms with Gasteiger partial charge < -0.3 is 4.74 Å². The second-order valence-electron chi connectivity index (χ2n) is 5.05. The number of aromatic nitrogens is 1. The highest BCUT2D eigenvalue weighted by molar-refractivity contribution is 5.91. The number of ether oxygens (including phenoxy) is 1. The minimum Gasteiger partial charge on any atom is -0.458 e. The number of benzene rings is 1. The van der Waals surface area contributed by atoms with Crippen LogP contribution in [0.2, 0.25) is 0 Å². The van der Waals surface area contributed by atoms with E-state index in [-0.39, 0.29) is 12.1 Å². The van der Waals surface area contributed by atoms with Crippen LogP contribution in [-0.4, -0.2) is 17.1 Å². The number of carbonyl (C=O) groups excluding carboxylic acids is 1. The monoisotopic (exact) mass is 255 g/mol. The summed E-state index contributed by atoms with van der Waals surface area (Å²) in [5.74, 6) is -0.294. The maximum Gasteiger partial charge on any atom is 0.357 e. The van der Waals surface area contributed by atoms with E-state index in [4.69, 9.17) is 4.74 Å². The van der Waals surface area contributed by atoms with Crippen molar-refractivity contribution in [1.29, 1.82) is 0 Å². The van der Waals surface area contributed by atoms with Crippen LogP contribution < -0.4 is 0 Å². The van der Waals surface area contributed by atoms with E-state index in [1.165, 1.54) is 6.42 Å². The number of hydrogen-bond acceptors (Lipinski definition) is 3. The molecular formula is C16H17NO2. The summed E-state index contributed by atoms with van der Waals surface area (Å²) < 4.78 is 5.52. The maximum atomic E-state index is 12.1. The average Bonchev–Trinajstić information content (AvgIpc) is 2.48. The summed E-state index contributed by atoms with van der Waals surface area (Å²) >= 11 is 0. The summed E-state index contributed by atoms with van der Waals surface area (Å²) in [6, 6.07) is 11.4. The van der Waals surface area contributed by atoms with Crippen molar-refractivity contribution in [2.45, 2.75) is 38.2 Å². The third-order valence-electron chi connectivity index (χ3n) is 3.63. The molecule has 1 saturated carbocycles. The smallest absolute Gasteiger partial charge is 0.357 e. The van der Waals surface area contributed by atoms with Gasteiger partial charge in [0.1, 0.15) is 11.8 Å². The van der Waals surface area contributed by atoms with Crippen molar-refractivity contribution in [3.05, 3.63) is 42.1 Å². The highest BCUT2D eigenvalue weighted by Crippen LogP contribution is 2.21. The summed E-state index contributed by atoms with van der Waals surface area (Å²) in [5.41, 5.74) is 1.24. The SMILES string of the molecule is O=C(OC1CCCCC1)c1ccc2ccccc2n1. The first kappa shape index (κ1) is 12.2. The van der Waals surface area contributed by atoms with Crippen molar-refractivity contribution in [2.24, 2.45) is 0 Å². The van der Waals surface area contributed by atoms with Crippen molar-refractivity contribution >= 4 is 16.9 Å². The van der Waals surface area contributed by atoms with Gasteiger partial charge in [0, 0.05) is 5.39 Å². The second-order valence-corrected chi connectivity index (χ2v) is 5.05. The van der Waals surface area contributed by atoms with Crippen molar-refractivity contribution in [3.8, 4) is 0 Å². The fourth-order valence-electron chi connectivity index (χ4n) is 2.57. The van der Waals surface area contributed by atoms with Crippen molar-refractivity contribution in [2.75, 3.05) is 0 Å². The molecule has 1 aliphatic rings. The largest absolute Gasteiger partial charge is 0.458 e. The minimum absolute atomic E-state index is 0.0783. The van der Waals surface area contributed by atoms with E-state index in [1.807, 2.05) is 30.3 Å². The predicted molar refractivity (Wildman–Crippen MR) is 74.0 cm³/mol. The van der Waals surface area contributed by atoms with Crippen molar-refractivity contribution < 1.29 is 9.53 Å². The van der Waals surface area contributed by atoms with Crippen LogP contribution in [0.15, 0.2) is 36.4 Å². The standard InChI is InChI=1S/C16H17NO2/c18-16(19-13-7-2-1-3-8-13)15-11-10-12-6-4-5-9-14(12)17-15/h4-6,9-11,13H,1-3,7-8H2. The molecule has 1 aromatic heterocycles. The Balaban J connectivity index is 1.77. The van der Waals surface area contributed by atoms with E-state index in [0.29, 0.717) is 5.69 Å². The Morgan fingerprint density at radius 2 is 1.84 bits per heavy atom. The molecule has 0 saturated heterocycles. The number of carbonyl (C=O) groups is 1. The molecule has 1 aliphatic carbocycles. The molecule has 0 bridgehead atoms. The Kier molecular flexibility index (Phi) is 3.45. The van der Waals surface area contributed by atoms with Crippen molar-refractivity contribution in [3.63, 3.8) is 0 Å². The summed E-state index contributed by atoms with van der Waals surface area (Å²) in [6.45, 7) is 0. The van der Waals surface area contributed by atoms with Gasteiger partial charge in [-0.25, -0.2) is 9.78 Å². The molecule has 1 aromatic carbocycles. The Bertz CT molecular complexity index is 588. The molecule has 0 atom stereocenters. The molecule has 3 nitrogen and oxygen atoms in total. The number of nitrogens with zero attached hydrogens (tertiary/aromatic N) is 1. The first-order valence-electron chi connectivity index (χ1n) is 6.90. The van der Waals surface area contributed by atoms with Gasteiger partial charge in [-0.05, 0) is 37.8 Å². The fraction of sp³-hybridized carbons (Fsp3) is 0.375. The van der Waals surface area contributed by atoms with Gasteiger partial charge in [0.05, 0.1) is 5.52 Å². The highest BCUT2D eigenvalue weighted by Gasteiger charge is 2.19. The van der Waals surface area contributed by atoms with E-state index in [1.54, 1.807) is 6.07 Å². The van der Waals surface area contributed by atoms with Gasteiger partial charge in [-0.3, -0.25) is 0 Å². The number of rotatable bonds is 2. The number of esters is 1. The number of para-hydroxylation sites is 1. The predicted octanol–water partition coefficient (Wildman–Crippen LogP) is 3.72. The van der Waals surface area contributed by atoms with Crippen molar-refractivity contribution in [1.82, 2.24) is 4.98 Å². The summed E-state index contributed by atoms with van der Waals surface area (Å²) in [4.78, 5) is 16.4. The third-order valence-corrected chi connectivity index (χ3v) is 3.63. The first-order chi connectivity index (χ1) is 9.33. The molecule has 1 heterocycles. The lowest BCUT2D eigenvalue weighted by molar-refractivity contribution is 0.0205. The minimum atomic E-state index is -0.294. The Labute approximate surface area is 112 Å². The molecule has 1 fully saturated rings. The molecule has 2 aromatic rings. The fourth-order valence-corrected chi connectivity index (χ4v) is 2.57. The zero-order chi connectivity index (χ0) is 13.1. The molecule has 19 heavy (non-hydrogen) atoms. The molecule has 3 heteroatoms. The summed E-state index contributed by atoms with van der Waals surface area (Å²) in [6.07, 6.45) is 5.61. The molecule has 0 N–H and O–H groups in total. The van der Waals surface area contributed by atoms with Gasteiger partial charge in [0.15, 0.2) is 0 Å². The van der Waals surface area contributed by atoms with Gasteiger partial charge >= 0.3 is 5.97 Å². The lowest BCUT2D eigenvalue weighted by Crippen LogP contribution is -2.21. The van der Waals surface area contributed by atoms with E-state index < -0.39 is 0 Å². The molecule has 98 valence electrons. The normalized spacial score (nSPS) is 16.4. The Hall–Kier alpha value is -1.90. The quantitative estimate of drug-likeness (QED) is 0.768. The molecule has 3 rings (SSSR count). The van der Waals surface area contributed by atoms with Crippen LogP contribution in [-0.2, 0) is 4.74 Å². The van der Waals surface area contributed by atoms with Gasteiger partial charge in [-0.1, -0.05) is 30.7 Å². The average molecular weight is 255 g/mol. The highest BCUT2D eigenvalue weighted by atomic mass is 16.5. The number of hydrogen-bond donors (Lipinski definition) is 0. The van der Waals surface area contributed by atoms with Crippen LogP contribution in [0.1, 0.15) is 42.6 Å². The number of fused-ring (bicyclic) bond motifs is 1. The second kappa shape index (κ2) is 5.39. The molecule has 0 amide bonds. The topological polar surface area (TPSA) is 39.2 Å². The first-order valence-corrected chi connectivity index (χ1v) is 6.90. The summed E-state index contributed by atoms with van der Waals surface area (Å²) in [5, 5.41) is 1.04. The molecule has 0 radical (unpaired) electrons. The molecular weight excluding hydrogens is 238 g/mol. The van der Waals surface area contributed by atoms with Crippen LogP contribution in [0.25, 0.3) is 10.9 Å². The van der Waals surface area contributed by atoms with Crippen LogP contribution in [0.5, 0.6) is 0 Å². The third kappa shape index (κ3) is 2.75. The van der Waals surface area contributed by atoms with Gasteiger partial charge in [0.2, 0.25) is 0 Å². The zero-order valence-corrected chi connectivity index (χ0v) is 10.8. The molecule has 0 unspecified atom stereocenters. The van der Waals surface area contributed by atoms with Gasteiger partial charge in [-0.2, -0.15) is 0 Å². The van der Waals surface area contributed by atoms with Crippen LogP contribution in [0.3, 0.4) is 0 Å². The van der Waals surface area contributed by atoms with E-state index in [9.17, 15) is 4.79 Å². The number of pyridine rings is 1. The van der Waals surface area contributed by atoms with E-state index in [2.05, 4.69) is 4.98 Å². The van der Waals surface area contributed by atoms with Gasteiger partial charge in [0.25, 0.3) is 0 Å². The summed E-state index contributed by atoms with van der Waals surface area (Å²) in [7, 11) is 0.